The number of nitrogens with zero attached hydrogens (tertiary/aromatic N) is 2. The molecule has 3 rings (SSSR count). The second-order valence-electron chi connectivity index (χ2n) is 8.33. The van der Waals surface area contributed by atoms with Crippen molar-refractivity contribution < 1.29 is 49.0 Å². The highest BCUT2D eigenvalue weighted by atomic mass is 32.2. The predicted octanol–water partition coefficient (Wildman–Crippen LogP) is 4.37. The zero-order valence-corrected chi connectivity index (χ0v) is 19.9. The van der Waals surface area contributed by atoms with E-state index in [1.165, 1.54) is 4.90 Å². The van der Waals surface area contributed by atoms with Crippen LogP contribution in [0, 0.1) is 5.92 Å². The first-order chi connectivity index (χ1) is 16.6. The number of hydrogen-bond donors (Lipinski definition) is 0. The number of sulfone groups is 1. The fraction of sp³-hybridized carbons (Fsp3) is 0.455. The van der Waals surface area contributed by atoms with Crippen LogP contribution in [0.4, 0.5) is 26.3 Å². The second kappa shape index (κ2) is 10.1. The minimum Gasteiger partial charge on any atom is -0.480 e. The van der Waals surface area contributed by atoms with E-state index in [4.69, 9.17) is 9.47 Å². The molecule has 1 aromatic carbocycles. The lowest BCUT2D eigenvalue weighted by Crippen LogP contribution is -2.33. The summed E-state index contributed by atoms with van der Waals surface area (Å²) in [6.07, 6.45) is -9.52. The van der Waals surface area contributed by atoms with Gasteiger partial charge in [-0.2, -0.15) is 26.3 Å². The maximum absolute atomic E-state index is 13.1. The Bertz CT molecular complexity index is 1200. The van der Waals surface area contributed by atoms with Crippen molar-refractivity contribution in [3.63, 3.8) is 0 Å². The lowest BCUT2D eigenvalue weighted by Gasteiger charge is -2.22. The minimum absolute atomic E-state index is 0.0278. The largest absolute Gasteiger partial charge is 0.480 e. The maximum Gasteiger partial charge on any atom is 0.425 e. The molecule has 1 aliphatic heterocycles. The van der Waals surface area contributed by atoms with E-state index in [1.54, 1.807) is 0 Å². The highest BCUT2D eigenvalue weighted by Crippen LogP contribution is 2.32. The van der Waals surface area contributed by atoms with Gasteiger partial charge in [-0.1, -0.05) is 0 Å². The van der Waals surface area contributed by atoms with Crippen LogP contribution in [-0.4, -0.2) is 62.4 Å². The summed E-state index contributed by atoms with van der Waals surface area (Å²) >= 11 is 0. The SMILES string of the molecule is C[C@H](Oc1ccc(S(C)(=O)=O)cc1C(=O)N1CCC(COc2ccc(C(F)(F)F)cn2)C1)C(F)(F)F. The molecule has 2 heterocycles. The molecule has 2 aromatic rings. The number of halogens is 6. The van der Waals surface area contributed by atoms with Gasteiger partial charge in [0.2, 0.25) is 5.88 Å². The molecule has 1 aliphatic rings. The molecule has 198 valence electrons. The Labute approximate surface area is 202 Å². The Morgan fingerprint density at radius 3 is 2.42 bits per heavy atom. The summed E-state index contributed by atoms with van der Waals surface area (Å²) in [5, 5.41) is 0. The lowest BCUT2D eigenvalue weighted by atomic mass is 10.1. The fourth-order valence-electron chi connectivity index (χ4n) is 3.43. The van der Waals surface area contributed by atoms with Gasteiger partial charge in [-0.3, -0.25) is 4.79 Å². The van der Waals surface area contributed by atoms with E-state index in [0.717, 1.165) is 43.5 Å². The number of alkyl halides is 6. The highest BCUT2D eigenvalue weighted by Gasteiger charge is 2.39. The summed E-state index contributed by atoms with van der Waals surface area (Å²) in [6, 6.07) is 4.95. The van der Waals surface area contributed by atoms with Crippen LogP contribution in [0.2, 0.25) is 0 Å². The van der Waals surface area contributed by atoms with Crippen LogP contribution in [-0.2, 0) is 16.0 Å². The Morgan fingerprint density at radius 2 is 1.86 bits per heavy atom. The van der Waals surface area contributed by atoms with Crippen LogP contribution < -0.4 is 9.47 Å². The molecule has 0 spiro atoms. The second-order valence-corrected chi connectivity index (χ2v) is 10.3. The monoisotopic (exact) mass is 540 g/mol. The molecule has 1 fully saturated rings. The van der Waals surface area contributed by atoms with Gasteiger partial charge in [0.15, 0.2) is 15.9 Å². The molecule has 0 bridgehead atoms. The molecule has 14 heteroatoms. The number of likely N-dealkylation sites (tertiary alicyclic amines) is 1. The van der Waals surface area contributed by atoms with Gasteiger partial charge in [0, 0.05) is 37.5 Å². The summed E-state index contributed by atoms with van der Waals surface area (Å²) < 4.78 is 111. The number of amides is 1. The van der Waals surface area contributed by atoms with Crippen molar-refractivity contribution in [2.75, 3.05) is 26.0 Å². The smallest absolute Gasteiger partial charge is 0.425 e. The van der Waals surface area contributed by atoms with Crippen LogP contribution in [0.1, 0.15) is 29.3 Å². The maximum atomic E-state index is 13.1. The average Bonchev–Trinajstić information content (AvgIpc) is 3.25. The van der Waals surface area contributed by atoms with Crippen molar-refractivity contribution in [2.45, 2.75) is 36.7 Å². The van der Waals surface area contributed by atoms with E-state index in [9.17, 15) is 39.6 Å². The molecule has 0 aliphatic carbocycles. The first kappa shape index (κ1) is 27.6. The molecule has 2 atom stereocenters. The van der Waals surface area contributed by atoms with Crippen LogP contribution in [0.3, 0.4) is 0 Å². The summed E-state index contributed by atoms with van der Waals surface area (Å²) in [5.41, 5.74) is -1.26. The zero-order chi connectivity index (χ0) is 26.9. The number of ether oxygens (including phenoxy) is 2. The van der Waals surface area contributed by atoms with Crippen molar-refractivity contribution >= 4 is 15.7 Å². The Hall–Kier alpha value is -3.03. The van der Waals surface area contributed by atoms with Gasteiger partial charge in [-0.15, -0.1) is 0 Å². The summed E-state index contributed by atoms with van der Waals surface area (Å²) in [6.45, 7) is 1.11. The molecule has 1 unspecified atom stereocenters. The number of benzene rings is 1. The predicted molar refractivity (Wildman–Crippen MR) is 114 cm³/mol. The van der Waals surface area contributed by atoms with Crippen molar-refractivity contribution in [3.05, 3.63) is 47.7 Å². The van der Waals surface area contributed by atoms with Crippen molar-refractivity contribution in [1.82, 2.24) is 9.88 Å². The van der Waals surface area contributed by atoms with Crippen LogP contribution in [0.25, 0.3) is 0 Å². The third kappa shape index (κ3) is 6.80. The number of aromatic nitrogens is 1. The molecule has 7 nitrogen and oxygen atoms in total. The minimum atomic E-state index is -4.71. The van der Waals surface area contributed by atoms with Crippen LogP contribution in [0.15, 0.2) is 41.4 Å². The van der Waals surface area contributed by atoms with E-state index < -0.39 is 45.5 Å². The van der Waals surface area contributed by atoms with Crippen LogP contribution in [0.5, 0.6) is 11.6 Å². The van der Waals surface area contributed by atoms with E-state index >= 15 is 0 Å². The quantitative estimate of drug-likeness (QED) is 0.485. The Morgan fingerprint density at radius 1 is 1.17 bits per heavy atom. The van der Waals surface area contributed by atoms with E-state index in [1.807, 2.05) is 0 Å². The molecular formula is C22H22F6N2O5S. The molecule has 1 aromatic heterocycles. The van der Waals surface area contributed by atoms with E-state index in [2.05, 4.69) is 4.98 Å². The van der Waals surface area contributed by atoms with Crippen molar-refractivity contribution in [2.24, 2.45) is 5.92 Å². The number of pyridine rings is 1. The molecule has 0 N–H and O–H groups in total. The molecule has 1 amide bonds. The van der Waals surface area contributed by atoms with Gasteiger partial charge in [0.05, 0.1) is 22.6 Å². The van der Waals surface area contributed by atoms with Gasteiger partial charge in [-0.25, -0.2) is 13.4 Å². The van der Waals surface area contributed by atoms with Gasteiger partial charge in [0.1, 0.15) is 5.75 Å². The molecule has 0 saturated carbocycles. The number of rotatable bonds is 7. The average molecular weight is 540 g/mol. The molecular weight excluding hydrogens is 518 g/mol. The van der Waals surface area contributed by atoms with Gasteiger partial charge < -0.3 is 14.4 Å². The topological polar surface area (TPSA) is 85.8 Å². The van der Waals surface area contributed by atoms with Crippen LogP contribution >= 0.6 is 0 Å². The van der Waals surface area contributed by atoms with Gasteiger partial charge in [-0.05, 0) is 37.6 Å². The summed E-state index contributed by atoms with van der Waals surface area (Å²) in [5.74, 6) is -1.41. The molecule has 0 radical (unpaired) electrons. The zero-order valence-electron chi connectivity index (χ0n) is 19.1. The van der Waals surface area contributed by atoms with Crippen molar-refractivity contribution in [1.29, 1.82) is 0 Å². The lowest BCUT2D eigenvalue weighted by molar-refractivity contribution is -0.189. The Balaban J connectivity index is 1.72. The number of carbonyl (C=O) groups is 1. The third-order valence-corrected chi connectivity index (χ3v) is 6.59. The van der Waals surface area contributed by atoms with Gasteiger partial charge in [0.25, 0.3) is 5.91 Å². The Kier molecular flexibility index (Phi) is 7.77. The standard InChI is InChI=1S/C22H22F6N2O5S/c1-13(21(23,24)25)35-18-5-4-16(36(2,32)33)9-17(18)20(31)30-8-7-14(11-30)12-34-19-6-3-15(10-29-19)22(26,27)28/h3-6,9-10,13-14H,7-8,11-12H2,1-2H3/t13-,14?/m0/s1. The normalized spacial score (nSPS) is 17.7. The first-order valence-electron chi connectivity index (χ1n) is 10.6. The number of carbonyl (C=O) groups excluding carboxylic acids is 1. The summed E-state index contributed by atoms with van der Waals surface area (Å²) in [7, 11) is -3.76. The molecule has 36 heavy (non-hydrogen) atoms. The van der Waals surface area contributed by atoms with E-state index in [-0.39, 0.29) is 42.0 Å². The fourth-order valence-corrected chi connectivity index (χ4v) is 4.07. The summed E-state index contributed by atoms with van der Waals surface area (Å²) in [4.78, 5) is 17.8. The van der Waals surface area contributed by atoms with Crippen molar-refractivity contribution in [3.8, 4) is 11.6 Å². The van der Waals surface area contributed by atoms with E-state index in [0.29, 0.717) is 12.6 Å². The molecule has 1 saturated heterocycles. The number of hydrogen-bond acceptors (Lipinski definition) is 6. The first-order valence-corrected chi connectivity index (χ1v) is 12.5. The highest BCUT2D eigenvalue weighted by molar-refractivity contribution is 7.90. The van der Waals surface area contributed by atoms with Gasteiger partial charge >= 0.3 is 12.4 Å². The third-order valence-electron chi connectivity index (χ3n) is 5.48.